The molecule has 25 heavy (non-hydrogen) atoms. The largest absolute Gasteiger partial charge is 0.448 e. The predicted octanol–water partition coefficient (Wildman–Crippen LogP) is 4.43. The van der Waals surface area contributed by atoms with Crippen LogP contribution in [0.5, 0.6) is 0 Å². The highest BCUT2D eigenvalue weighted by molar-refractivity contribution is 5.68. The number of alkyl carbamates (subject to hydrolysis) is 1. The van der Waals surface area contributed by atoms with E-state index in [-0.39, 0.29) is 18.1 Å². The van der Waals surface area contributed by atoms with Crippen LogP contribution in [0.1, 0.15) is 63.1 Å². The topological polar surface area (TPSA) is 64.4 Å². The van der Waals surface area contributed by atoms with E-state index in [9.17, 15) is 4.79 Å². The van der Waals surface area contributed by atoms with Gasteiger partial charge in [0.2, 0.25) is 0 Å². The Bertz CT molecular complexity index is 703. The maximum atomic E-state index is 11.9. The SMILES string of the molecule is CC(C)(C)OC(=O)NC1CCC(c2nc(Cc3ccccc3)co2)C1. The molecule has 1 saturated carbocycles. The molecule has 1 aliphatic rings. The molecule has 0 aliphatic heterocycles. The Hall–Kier alpha value is -2.30. The van der Waals surface area contributed by atoms with E-state index < -0.39 is 5.60 Å². The van der Waals surface area contributed by atoms with Crippen molar-refractivity contribution in [3.8, 4) is 0 Å². The first-order valence-corrected chi connectivity index (χ1v) is 8.87. The third kappa shape index (κ3) is 5.08. The van der Waals surface area contributed by atoms with E-state index in [0.717, 1.165) is 37.3 Å². The summed E-state index contributed by atoms with van der Waals surface area (Å²) in [6.07, 6.45) is 4.89. The van der Waals surface area contributed by atoms with Crippen molar-refractivity contribution in [3.05, 3.63) is 53.7 Å². The molecular formula is C20H26N2O3. The second-order valence-electron chi connectivity index (χ2n) is 7.69. The van der Waals surface area contributed by atoms with Gasteiger partial charge in [0.15, 0.2) is 5.89 Å². The lowest BCUT2D eigenvalue weighted by molar-refractivity contribution is 0.0505. The molecule has 2 atom stereocenters. The first kappa shape index (κ1) is 17.5. The number of carbonyl (C=O) groups is 1. The molecule has 2 unspecified atom stereocenters. The fourth-order valence-electron chi connectivity index (χ4n) is 3.21. The van der Waals surface area contributed by atoms with Crippen LogP contribution >= 0.6 is 0 Å². The minimum atomic E-state index is -0.475. The summed E-state index contributed by atoms with van der Waals surface area (Å²) in [5.74, 6) is 1.03. The zero-order valence-electron chi connectivity index (χ0n) is 15.1. The number of benzene rings is 1. The summed E-state index contributed by atoms with van der Waals surface area (Å²) in [7, 11) is 0. The smallest absolute Gasteiger partial charge is 0.407 e. The summed E-state index contributed by atoms with van der Waals surface area (Å²) < 4.78 is 11.0. The van der Waals surface area contributed by atoms with Gasteiger partial charge in [-0.3, -0.25) is 0 Å². The van der Waals surface area contributed by atoms with Crippen molar-refractivity contribution in [2.75, 3.05) is 0 Å². The normalized spacial score (nSPS) is 20.4. The summed E-state index contributed by atoms with van der Waals surface area (Å²) in [6.45, 7) is 5.60. The lowest BCUT2D eigenvalue weighted by atomic mass is 10.1. The highest BCUT2D eigenvalue weighted by Gasteiger charge is 2.31. The molecule has 0 radical (unpaired) electrons. The van der Waals surface area contributed by atoms with E-state index in [1.165, 1.54) is 5.56 Å². The highest BCUT2D eigenvalue weighted by atomic mass is 16.6. The van der Waals surface area contributed by atoms with Crippen LogP contribution < -0.4 is 5.32 Å². The van der Waals surface area contributed by atoms with Crippen molar-refractivity contribution in [1.29, 1.82) is 0 Å². The Morgan fingerprint density at radius 1 is 1.28 bits per heavy atom. The molecule has 1 heterocycles. The third-order valence-corrected chi connectivity index (χ3v) is 4.30. The van der Waals surface area contributed by atoms with Gasteiger partial charge < -0.3 is 14.5 Å². The van der Waals surface area contributed by atoms with Crippen molar-refractivity contribution >= 4 is 6.09 Å². The van der Waals surface area contributed by atoms with Crippen LogP contribution in [0.2, 0.25) is 0 Å². The van der Waals surface area contributed by atoms with Gasteiger partial charge in [0.25, 0.3) is 0 Å². The average molecular weight is 342 g/mol. The van der Waals surface area contributed by atoms with Crippen molar-refractivity contribution in [1.82, 2.24) is 10.3 Å². The summed E-state index contributed by atoms with van der Waals surface area (Å²) in [6, 6.07) is 10.4. The second kappa shape index (κ2) is 7.30. The standard InChI is InChI=1S/C20H26N2O3/c1-20(2,3)25-19(23)22-16-10-9-15(12-16)18-21-17(13-24-18)11-14-7-5-4-6-8-14/h4-8,13,15-16H,9-12H2,1-3H3,(H,22,23). The fourth-order valence-corrected chi connectivity index (χ4v) is 3.21. The molecule has 3 rings (SSSR count). The predicted molar refractivity (Wildman–Crippen MR) is 95.5 cm³/mol. The van der Waals surface area contributed by atoms with Crippen molar-refractivity contribution in [2.45, 2.75) is 64.0 Å². The molecule has 0 saturated heterocycles. The monoisotopic (exact) mass is 342 g/mol. The van der Waals surface area contributed by atoms with Crippen LogP contribution in [0, 0.1) is 0 Å². The minimum absolute atomic E-state index is 0.115. The molecular weight excluding hydrogens is 316 g/mol. The van der Waals surface area contributed by atoms with Gasteiger partial charge in [0.1, 0.15) is 11.9 Å². The van der Waals surface area contributed by atoms with Gasteiger partial charge in [-0.1, -0.05) is 30.3 Å². The van der Waals surface area contributed by atoms with Gasteiger partial charge in [-0.15, -0.1) is 0 Å². The molecule has 0 spiro atoms. The molecule has 2 aromatic rings. The molecule has 134 valence electrons. The van der Waals surface area contributed by atoms with Crippen molar-refractivity contribution in [2.24, 2.45) is 0 Å². The van der Waals surface area contributed by atoms with Crippen LogP contribution in [0.3, 0.4) is 0 Å². The minimum Gasteiger partial charge on any atom is -0.448 e. The number of rotatable bonds is 4. The van der Waals surface area contributed by atoms with Gasteiger partial charge in [-0.25, -0.2) is 9.78 Å². The van der Waals surface area contributed by atoms with Gasteiger partial charge >= 0.3 is 6.09 Å². The maximum absolute atomic E-state index is 11.9. The van der Waals surface area contributed by atoms with Crippen LogP contribution in [-0.4, -0.2) is 22.7 Å². The van der Waals surface area contributed by atoms with Crippen LogP contribution in [0.4, 0.5) is 4.79 Å². The number of aromatic nitrogens is 1. The lowest BCUT2D eigenvalue weighted by Crippen LogP contribution is -2.37. The lowest BCUT2D eigenvalue weighted by Gasteiger charge is -2.21. The molecule has 1 aromatic carbocycles. The summed E-state index contributed by atoms with van der Waals surface area (Å²) in [5.41, 5.74) is 1.69. The van der Waals surface area contributed by atoms with Crippen molar-refractivity contribution in [3.63, 3.8) is 0 Å². The number of hydrogen-bond donors (Lipinski definition) is 1. The molecule has 0 bridgehead atoms. The zero-order chi connectivity index (χ0) is 17.9. The summed E-state index contributed by atoms with van der Waals surface area (Å²) in [4.78, 5) is 16.5. The fraction of sp³-hybridized carbons (Fsp3) is 0.500. The van der Waals surface area contributed by atoms with E-state index in [1.807, 2.05) is 39.0 Å². The molecule has 1 N–H and O–H groups in total. The van der Waals surface area contributed by atoms with Crippen molar-refractivity contribution < 1.29 is 13.9 Å². The zero-order valence-corrected chi connectivity index (χ0v) is 15.1. The van der Waals surface area contributed by atoms with Crippen LogP contribution in [0.25, 0.3) is 0 Å². The molecule has 5 nitrogen and oxygen atoms in total. The quantitative estimate of drug-likeness (QED) is 0.893. The Balaban J connectivity index is 1.53. The number of amides is 1. The summed E-state index contributed by atoms with van der Waals surface area (Å²) >= 11 is 0. The number of hydrogen-bond acceptors (Lipinski definition) is 4. The molecule has 1 fully saturated rings. The first-order chi connectivity index (χ1) is 11.9. The maximum Gasteiger partial charge on any atom is 0.407 e. The number of oxazole rings is 1. The average Bonchev–Trinajstić information content (AvgIpc) is 3.15. The Morgan fingerprint density at radius 2 is 2.04 bits per heavy atom. The first-order valence-electron chi connectivity index (χ1n) is 8.87. The van der Waals surface area contributed by atoms with Crippen LogP contribution in [0.15, 0.2) is 41.0 Å². The Kier molecular flexibility index (Phi) is 5.11. The second-order valence-corrected chi connectivity index (χ2v) is 7.69. The van der Waals surface area contributed by atoms with Crippen LogP contribution in [-0.2, 0) is 11.2 Å². The number of carbonyl (C=O) groups excluding carboxylic acids is 1. The molecule has 1 amide bonds. The third-order valence-electron chi connectivity index (χ3n) is 4.30. The molecule has 5 heteroatoms. The number of nitrogens with one attached hydrogen (secondary N) is 1. The highest BCUT2D eigenvalue weighted by Crippen LogP contribution is 2.34. The number of ether oxygens (including phenoxy) is 1. The van der Waals surface area contributed by atoms with Gasteiger partial charge in [-0.05, 0) is 45.6 Å². The van der Waals surface area contributed by atoms with E-state index in [0.29, 0.717) is 0 Å². The Labute approximate surface area is 148 Å². The van der Waals surface area contributed by atoms with Gasteiger partial charge in [0.05, 0.1) is 5.69 Å². The molecule has 1 aromatic heterocycles. The Morgan fingerprint density at radius 3 is 2.76 bits per heavy atom. The number of nitrogens with zero attached hydrogens (tertiary/aromatic N) is 1. The summed E-state index contributed by atoms with van der Waals surface area (Å²) in [5, 5.41) is 2.95. The molecule has 1 aliphatic carbocycles. The van der Waals surface area contributed by atoms with E-state index in [4.69, 9.17) is 9.15 Å². The van der Waals surface area contributed by atoms with Gasteiger partial charge in [-0.2, -0.15) is 0 Å². The van der Waals surface area contributed by atoms with E-state index in [2.05, 4.69) is 22.4 Å². The van der Waals surface area contributed by atoms with Gasteiger partial charge in [0, 0.05) is 18.4 Å². The van der Waals surface area contributed by atoms with E-state index >= 15 is 0 Å². The van der Waals surface area contributed by atoms with E-state index in [1.54, 1.807) is 6.26 Å².